The summed E-state index contributed by atoms with van der Waals surface area (Å²) < 4.78 is 0. The molecule has 3 aromatic rings. The van der Waals surface area contributed by atoms with Crippen LogP contribution in [0.1, 0.15) is 22.1 Å². The Morgan fingerprint density at radius 3 is 2.87 bits per heavy atom. The molecule has 1 aliphatic rings. The SMILES string of the molecule is O=C1N[C@H](c2cn[nH]c2-c2cccnc2)Nc2cc(Cl)ccc21. The quantitative estimate of drug-likeness (QED) is 0.676. The number of H-pyrrole nitrogens is 1. The Morgan fingerprint density at radius 2 is 2.04 bits per heavy atom. The van der Waals surface area contributed by atoms with Crippen LogP contribution in [0.25, 0.3) is 11.3 Å². The molecule has 0 aliphatic carbocycles. The van der Waals surface area contributed by atoms with Crippen molar-refractivity contribution in [3.63, 3.8) is 0 Å². The number of rotatable bonds is 2. The maximum Gasteiger partial charge on any atom is 0.255 e. The molecule has 1 aliphatic heterocycles. The van der Waals surface area contributed by atoms with Crippen molar-refractivity contribution in [2.24, 2.45) is 0 Å². The number of anilines is 1. The summed E-state index contributed by atoms with van der Waals surface area (Å²) in [5, 5.41) is 13.9. The van der Waals surface area contributed by atoms with E-state index >= 15 is 0 Å². The lowest BCUT2D eigenvalue weighted by Gasteiger charge is -2.28. The highest BCUT2D eigenvalue weighted by molar-refractivity contribution is 6.31. The van der Waals surface area contributed by atoms with Crippen LogP contribution < -0.4 is 10.6 Å². The summed E-state index contributed by atoms with van der Waals surface area (Å²) in [4.78, 5) is 16.4. The van der Waals surface area contributed by atoms with Gasteiger partial charge < -0.3 is 10.6 Å². The molecule has 7 heteroatoms. The van der Waals surface area contributed by atoms with Gasteiger partial charge in [-0.3, -0.25) is 14.9 Å². The predicted octanol–water partition coefficient (Wildman–Crippen LogP) is 2.98. The number of hydrogen-bond donors (Lipinski definition) is 3. The van der Waals surface area contributed by atoms with E-state index in [1.807, 2.05) is 12.1 Å². The van der Waals surface area contributed by atoms with E-state index in [4.69, 9.17) is 11.6 Å². The topological polar surface area (TPSA) is 82.7 Å². The predicted molar refractivity (Wildman–Crippen MR) is 87.1 cm³/mol. The van der Waals surface area contributed by atoms with E-state index < -0.39 is 6.17 Å². The van der Waals surface area contributed by atoms with E-state index in [1.165, 1.54) is 0 Å². The van der Waals surface area contributed by atoms with Crippen molar-refractivity contribution in [1.82, 2.24) is 20.5 Å². The van der Waals surface area contributed by atoms with E-state index in [9.17, 15) is 4.79 Å². The number of aromatic nitrogens is 3. The van der Waals surface area contributed by atoms with Gasteiger partial charge in [-0.25, -0.2) is 0 Å². The zero-order valence-electron chi connectivity index (χ0n) is 11.9. The van der Waals surface area contributed by atoms with E-state index in [1.54, 1.807) is 36.8 Å². The van der Waals surface area contributed by atoms with Gasteiger partial charge in [-0.1, -0.05) is 11.6 Å². The molecular weight excluding hydrogens is 314 g/mol. The molecule has 1 amide bonds. The zero-order chi connectivity index (χ0) is 15.8. The number of halogens is 1. The first-order valence-corrected chi connectivity index (χ1v) is 7.41. The fourth-order valence-electron chi connectivity index (χ4n) is 2.65. The van der Waals surface area contributed by atoms with E-state index in [0.717, 1.165) is 16.8 Å². The van der Waals surface area contributed by atoms with Gasteiger partial charge in [0.15, 0.2) is 0 Å². The molecule has 0 saturated carbocycles. The molecule has 0 spiro atoms. The van der Waals surface area contributed by atoms with Crippen LogP contribution in [0.3, 0.4) is 0 Å². The number of carbonyl (C=O) groups is 1. The summed E-state index contributed by atoms with van der Waals surface area (Å²) in [6, 6.07) is 8.92. The Kier molecular flexibility index (Phi) is 3.24. The fraction of sp³-hybridized carbons (Fsp3) is 0.0625. The number of benzene rings is 1. The van der Waals surface area contributed by atoms with Gasteiger partial charge in [-0.05, 0) is 30.3 Å². The molecule has 4 rings (SSSR count). The molecule has 23 heavy (non-hydrogen) atoms. The average Bonchev–Trinajstić information content (AvgIpc) is 3.05. The minimum atomic E-state index is -0.401. The molecule has 0 unspecified atom stereocenters. The average molecular weight is 326 g/mol. The van der Waals surface area contributed by atoms with Gasteiger partial charge in [-0.15, -0.1) is 0 Å². The fourth-order valence-corrected chi connectivity index (χ4v) is 2.82. The van der Waals surface area contributed by atoms with Crippen molar-refractivity contribution >= 4 is 23.2 Å². The lowest BCUT2D eigenvalue weighted by Crippen LogP contribution is -2.38. The lowest BCUT2D eigenvalue weighted by molar-refractivity contribution is 0.0936. The number of pyridine rings is 1. The van der Waals surface area contributed by atoms with Crippen LogP contribution in [0.15, 0.2) is 48.9 Å². The minimum Gasteiger partial charge on any atom is -0.361 e. The summed E-state index contributed by atoms with van der Waals surface area (Å²) >= 11 is 6.03. The first-order valence-electron chi connectivity index (χ1n) is 7.03. The molecule has 6 nitrogen and oxygen atoms in total. The second-order valence-electron chi connectivity index (χ2n) is 5.18. The van der Waals surface area contributed by atoms with Gasteiger partial charge in [-0.2, -0.15) is 5.10 Å². The second kappa shape index (κ2) is 5.40. The largest absolute Gasteiger partial charge is 0.361 e. The zero-order valence-corrected chi connectivity index (χ0v) is 12.6. The van der Waals surface area contributed by atoms with Crippen LogP contribution in [0, 0.1) is 0 Å². The van der Waals surface area contributed by atoms with Crippen LogP contribution in [0.4, 0.5) is 5.69 Å². The molecule has 0 radical (unpaired) electrons. The summed E-state index contributed by atoms with van der Waals surface area (Å²) in [5.74, 6) is -0.154. The minimum absolute atomic E-state index is 0.154. The molecule has 3 heterocycles. The molecule has 2 aromatic heterocycles. The molecule has 1 atom stereocenters. The van der Waals surface area contributed by atoms with Crippen LogP contribution in [0.5, 0.6) is 0 Å². The van der Waals surface area contributed by atoms with Gasteiger partial charge in [0.2, 0.25) is 0 Å². The standard InChI is InChI=1S/C16H12ClN5O/c17-10-3-4-11-13(6-10)20-15(21-16(11)23)12-8-19-22-14(12)9-2-1-5-18-7-9/h1-8,15,20H,(H,19,22)(H,21,23)/t15-/m1/s1. The number of nitrogens with zero attached hydrogens (tertiary/aromatic N) is 2. The van der Waals surface area contributed by atoms with Crippen molar-refractivity contribution in [2.75, 3.05) is 5.32 Å². The number of carbonyl (C=O) groups excluding carboxylic acids is 1. The van der Waals surface area contributed by atoms with E-state index in [0.29, 0.717) is 16.3 Å². The smallest absolute Gasteiger partial charge is 0.255 e. The molecule has 0 fully saturated rings. The number of nitrogens with one attached hydrogen (secondary N) is 3. The van der Waals surface area contributed by atoms with Gasteiger partial charge in [0, 0.05) is 28.5 Å². The Labute approximate surface area is 136 Å². The first-order chi connectivity index (χ1) is 11.2. The maximum absolute atomic E-state index is 12.3. The number of aromatic amines is 1. The number of hydrogen-bond acceptors (Lipinski definition) is 4. The van der Waals surface area contributed by atoms with Gasteiger partial charge in [0.25, 0.3) is 5.91 Å². The van der Waals surface area contributed by atoms with Crippen molar-refractivity contribution < 1.29 is 4.79 Å². The van der Waals surface area contributed by atoms with Crippen LogP contribution in [0.2, 0.25) is 5.02 Å². The Morgan fingerprint density at radius 1 is 1.13 bits per heavy atom. The van der Waals surface area contributed by atoms with Crippen molar-refractivity contribution in [3.8, 4) is 11.3 Å². The maximum atomic E-state index is 12.3. The summed E-state index contributed by atoms with van der Waals surface area (Å²) in [6.45, 7) is 0. The van der Waals surface area contributed by atoms with Crippen molar-refractivity contribution in [1.29, 1.82) is 0 Å². The molecule has 114 valence electrons. The third-order valence-corrected chi connectivity index (χ3v) is 3.97. The third-order valence-electron chi connectivity index (χ3n) is 3.73. The van der Waals surface area contributed by atoms with Gasteiger partial charge >= 0.3 is 0 Å². The molecular formula is C16H12ClN5O. The van der Waals surface area contributed by atoms with Crippen LogP contribution in [-0.2, 0) is 0 Å². The molecule has 0 bridgehead atoms. The monoisotopic (exact) mass is 325 g/mol. The Balaban J connectivity index is 1.74. The Bertz CT molecular complexity index is 877. The van der Waals surface area contributed by atoms with Crippen LogP contribution >= 0.6 is 11.6 Å². The van der Waals surface area contributed by atoms with E-state index in [-0.39, 0.29) is 5.91 Å². The first kappa shape index (κ1) is 13.8. The lowest BCUT2D eigenvalue weighted by atomic mass is 10.0. The number of amides is 1. The third kappa shape index (κ3) is 2.43. The summed E-state index contributed by atoms with van der Waals surface area (Å²) in [5.41, 5.74) is 3.80. The highest BCUT2D eigenvalue weighted by Gasteiger charge is 2.27. The molecule has 1 aromatic carbocycles. The van der Waals surface area contributed by atoms with Crippen molar-refractivity contribution in [2.45, 2.75) is 6.17 Å². The summed E-state index contributed by atoms with van der Waals surface area (Å²) in [6.07, 6.45) is 4.74. The highest BCUT2D eigenvalue weighted by atomic mass is 35.5. The summed E-state index contributed by atoms with van der Waals surface area (Å²) in [7, 11) is 0. The van der Waals surface area contributed by atoms with Gasteiger partial charge in [0.05, 0.1) is 23.1 Å². The molecule has 3 N–H and O–H groups in total. The second-order valence-corrected chi connectivity index (χ2v) is 5.62. The van der Waals surface area contributed by atoms with Crippen molar-refractivity contribution in [3.05, 3.63) is 65.1 Å². The number of fused-ring (bicyclic) bond motifs is 1. The molecule has 0 saturated heterocycles. The van der Waals surface area contributed by atoms with Crippen LogP contribution in [-0.4, -0.2) is 21.1 Å². The van der Waals surface area contributed by atoms with E-state index in [2.05, 4.69) is 25.8 Å². The normalized spacial score (nSPS) is 16.4. The van der Waals surface area contributed by atoms with Gasteiger partial charge in [0.1, 0.15) is 6.17 Å². The highest BCUT2D eigenvalue weighted by Crippen LogP contribution is 2.32. The Hall–Kier alpha value is -2.86.